The van der Waals surface area contributed by atoms with Gasteiger partial charge in [-0.2, -0.15) is 0 Å². The topological polar surface area (TPSA) is 73.6 Å². The molecule has 0 amide bonds. The van der Waals surface area contributed by atoms with Gasteiger partial charge in [0, 0.05) is 0 Å². The van der Waals surface area contributed by atoms with E-state index in [0.29, 0.717) is 15.1 Å². The Kier molecular flexibility index (Phi) is 5.81. The van der Waals surface area contributed by atoms with Crippen molar-refractivity contribution in [2.24, 2.45) is 0 Å². The van der Waals surface area contributed by atoms with E-state index in [9.17, 15) is 9.90 Å². The number of esters is 1. The molecule has 0 spiro atoms. The summed E-state index contributed by atoms with van der Waals surface area (Å²) in [5.41, 5.74) is 0.000661. The Balaban J connectivity index is 2.92. The fourth-order valence-corrected chi connectivity index (χ4v) is 2.21. The number of halogens is 1. The maximum atomic E-state index is 11.8. The summed E-state index contributed by atoms with van der Waals surface area (Å²) in [7, 11) is 0. The Morgan fingerprint density at radius 3 is 2.50 bits per heavy atom. The normalized spacial score (nSPS) is 11.8. The van der Waals surface area contributed by atoms with Gasteiger partial charge in [-0.05, 0) is 57.2 Å². The van der Waals surface area contributed by atoms with Gasteiger partial charge < -0.3 is 14.6 Å². The largest absolute Gasteiger partial charge is 0.473 e. The molecule has 0 atom stereocenters. The number of hydrogen-bond donors (Lipinski definition) is 1. The van der Waals surface area contributed by atoms with Crippen LogP contribution < -0.4 is 4.74 Å². The second kappa shape index (κ2) is 6.75. The summed E-state index contributed by atoms with van der Waals surface area (Å²) in [6, 6.07) is 0. The number of carbonyl (C=O) groups is 1. The molecule has 0 aliphatic carbocycles. The second-order valence-corrected chi connectivity index (χ2v) is 6.71. The van der Waals surface area contributed by atoms with Crippen LogP contribution in [-0.4, -0.2) is 32.6 Å². The molecule has 20 heavy (non-hydrogen) atoms. The van der Waals surface area contributed by atoms with E-state index in [4.69, 9.17) is 9.47 Å². The molecule has 0 unspecified atom stereocenters. The molecular formula is C13H21IN2O4. The minimum absolute atomic E-state index is 0.0278. The lowest BCUT2D eigenvalue weighted by atomic mass is 10.2. The van der Waals surface area contributed by atoms with Gasteiger partial charge in [0.2, 0.25) is 5.88 Å². The highest BCUT2D eigenvalue weighted by Gasteiger charge is 2.22. The lowest BCUT2D eigenvalue weighted by Gasteiger charge is -2.19. The van der Waals surface area contributed by atoms with Crippen molar-refractivity contribution < 1.29 is 19.4 Å². The first-order valence-electron chi connectivity index (χ1n) is 6.38. The van der Waals surface area contributed by atoms with Gasteiger partial charge >= 0.3 is 5.97 Å². The van der Waals surface area contributed by atoms with Crippen LogP contribution >= 0.6 is 22.6 Å². The number of aliphatic hydroxyl groups excluding tert-OH is 1. The fraction of sp³-hybridized carbons (Fsp3) is 0.692. The monoisotopic (exact) mass is 396 g/mol. The molecule has 0 aliphatic rings. The SMILES string of the molecule is CC(C)Oc1nn(CC(=O)OC(C)(C)C)c(CO)c1I. The maximum absolute atomic E-state index is 11.8. The zero-order valence-electron chi connectivity index (χ0n) is 12.4. The third-order valence-electron chi connectivity index (χ3n) is 2.16. The zero-order valence-corrected chi connectivity index (χ0v) is 14.6. The molecule has 0 saturated carbocycles. The Labute approximate surface area is 132 Å². The quantitative estimate of drug-likeness (QED) is 0.610. The van der Waals surface area contributed by atoms with Crippen LogP contribution in [0.25, 0.3) is 0 Å². The van der Waals surface area contributed by atoms with Gasteiger partial charge in [0.25, 0.3) is 0 Å². The van der Waals surface area contributed by atoms with E-state index in [1.807, 2.05) is 36.4 Å². The van der Waals surface area contributed by atoms with Crippen LogP contribution in [0, 0.1) is 3.57 Å². The van der Waals surface area contributed by atoms with Gasteiger partial charge in [-0.3, -0.25) is 9.48 Å². The molecule has 1 heterocycles. The van der Waals surface area contributed by atoms with Crippen molar-refractivity contribution >= 4 is 28.6 Å². The molecule has 0 aromatic carbocycles. The molecule has 0 radical (unpaired) electrons. The zero-order chi connectivity index (χ0) is 15.5. The Hall–Kier alpha value is -0.830. The van der Waals surface area contributed by atoms with Gasteiger partial charge in [0.1, 0.15) is 15.7 Å². The summed E-state index contributed by atoms with van der Waals surface area (Å²) < 4.78 is 12.9. The molecule has 7 heteroatoms. The molecule has 0 aliphatic heterocycles. The maximum Gasteiger partial charge on any atom is 0.328 e. The second-order valence-electron chi connectivity index (χ2n) is 5.63. The highest BCUT2D eigenvalue weighted by Crippen LogP contribution is 2.25. The Morgan fingerprint density at radius 2 is 2.05 bits per heavy atom. The van der Waals surface area contributed by atoms with Gasteiger partial charge in [-0.1, -0.05) is 0 Å². The van der Waals surface area contributed by atoms with Crippen LogP contribution in [-0.2, 0) is 22.7 Å². The summed E-state index contributed by atoms with van der Waals surface area (Å²) in [6.07, 6.45) is -0.0278. The molecule has 6 nitrogen and oxygen atoms in total. The number of ether oxygens (including phenoxy) is 2. The van der Waals surface area contributed by atoms with E-state index in [1.165, 1.54) is 4.68 Å². The third kappa shape index (κ3) is 4.93. The molecule has 1 N–H and O–H groups in total. The van der Waals surface area contributed by atoms with Gasteiger partial charge in [-0.25, -0.2) is 0 Å². The van der Waals surface area contributed by atoms with Gasteiger partial charge in [0.15, 0.2) is 0 Å². The highest BCUT2D eigenvalue weighted by atomic mass is 127. The summed E-state index contributed by atoms with van der Waals surface area (Å²) in [5.74, 6) is 0.0235. The smallest absolute Gasteiger partial charge is 0.328 e. The molecule has 0 saturated heterocycles. The molecule has 0 fully saturated rings. The van der Waals surface area contributed by atoms with Crippen molar-refractivity contribution in [1.82, 2.24) is 9.78 Å². The number of carbonyl (C=O) groups excluding carboxylic acids is 1. The molecule has 114 valence electrons. The van der Waals surface area contributed by atoms with Crippen LogP contribution in [0.2, 0.25) is 0 Å². The van der Waals surface area contributed by atoms with E-state index in [2.05, 4.69) is 5.10 Å². The first kappa shape index (κ1) is 17.2. The predicted octanol–water partition coefficient (Wildman–Crippen LogP) is 2.11. The van der Waals surface area contributed by atoms with E-state index in [-0.39, 0.29) is 19.3 Å². The van der Waals surface area contributed by atoms with Crippen molar-refractivity contribution in [3.63, 3.8) is 0 Å². The van der Waals surface area contributed by atoms with Crippen molar-refractivity contribution in [1.29, 1.82) is 0 Å². The number of rotatable bonds is 5. The molecule has 0 bridgehead atoms. The van der Waals surface area contributed by atoms with Gasteiger partial charge in [0.05, 0.1) is 18.4 Å². The van der Waals surface area contributed by atoms with E-state index in [0.717, 1.165) is 0 Å². The lowest BCUT2D eigenvalue weighted by molar-refractivity contribution is -0.155. The Bertz CT molecular complexity index is 477. The molecule has 1 aromatic heterocycles. The Morgan fingerprint density at radius 1 is 1.45 bits per heavy atom. The average Bonchev–Trinajstić information content (AvgIpc) is 2.51. The van der Waals surface area contributed by atoms with E-state index < -0.39 is 11.6 Å². The average molecular weight is 396 g/mol. The highest BCUT2D eigenvalue weighted by molar-refractivity contribution is 14.1. The van der Waals surface area contributed by atoms with Crippen LogP contribution in [0.1, 0.15) is 40.3 Å². The first-order chi connectivity index (χ1) is 9.14. The van der Waals surface area contributed by atoms with Crippen LogP contribution in [0.3, 0.4) is 0 Å². The minimum Gasteiger partial charge on any atom is -0.473 e. The lowest BCUT2D eigenvalue weighted by Crippen LogP contribution is -2.27. The molecule has 1 rings (SSSR count). The van der Waals surface area contributed by atoms with Crippen LogP contribution in [0.4, 0.5) is 0 Å². The molecule has 1 aromatic rings. The predicted molar refractivity (Wildman–Crippen MR) is 82.5 cm³/mol. The summed E-state index contributed by atoms with van der Waals surface area (Å²) in [4.78, 5) is 11.8. The van der Waals surface area contributed by atoms with Crippen LogP contribution in [0.5, 0.6) is 5.88 Å². The summed E-state index contributed by atoms with van der Waals surface area (Å²) >= 11 is 2.05. The van der Waals surface area contributed by atoms with Gasteiger partial charge in [-0.15, -0.1) is 5.10 Å². The number of aliphatic hydroxyl groups is 1. The fourth-order valence-electron chi connectivity index (χ4n) is 1.53. The number of hydrogen-bond acceptors (Lipinski definition) is 5. The van der Waals surface area contributed by atoms with E-state index >= 15 is 0 Å². The van der Waals surface area contributed by atoms with Crippen molar-refractivity contribution in [3.05, 3.63) is 9.26 Å². The van der Waals surface area contributed by atoms with Crippen molar-refractivity contribution in [3.8, 4) is 5.88 Å². The third-order valence-corrected chi connectivity index (χ3v) is 3.24. The number of aromatic nitrogens is 2. The van der Waals surface area contributed by atoms with E-state index in [1.54, 1.807) is 20.8 Å². The van der Waals surface area contributed by atoms with Crippen molar-refractivity contribution in [2.45, 2.75) is 59.5 Å². The first-order valence-corrected chi connectivity index (χ1v) is 7.46. The summed E-state index contributed by atoms with van der Waals surface area (Å²) in [6.45, 7) is 8.93. The standard InChI is InChI=1S/C13H21IN2O4/c1-8(2)19-12-11(14)9(7-17)16(15-12)6-10(18)20-13(3,4)5/h8,17H,6-7H2,1-5H3. The van der Waals surface area contributed by atoms with Crippen LogP contribution in [0.15, 0.2) is 0 Å². The number of nitrogens with zero attached hydrogens (tertiary/aromatic N) is 2. The minimum atomic E-state index is -0.548. The molecular weight excluding hydrogens is 375 g/mol. The summed E-state index contributed by atoms with van der Waals surface area (Å²) in [5, 5.41) is 13.6. The van der Waals surface area contributed by atoms with Crippen molar-refractivity contribution in [2.75, 3.05) is 0 Å².